The Labute approximate surface area is 124 Å². The predicted molar refractivity (Wildman–Crippen MR) is 78.6 cm³/mol. The summed E-state index contributed by atoms with van der Waals surface area (Å²) < 4.78 is 0. The molecule has 1 heterocycles. The zero-order valence-corrected chi connectivity index (χ0v) is 12.3. The van der Waals surface area contributed by atoms with Gasteiger partial charge in [-0.3, -0.25) is 9.59 Å². The van der Waals surface area contributed by atoms with Crippen molar-refractivity contribution in [2.45, 2.75) is 31.7 Å². The fourth-order valence-electron chi connectivity index (χ4n) is 2.55. The molecule has 0 unspecified atom stereocenters. The van der Waals surface area contributed by atoms with Gasteiger partial charge in [0.05, 0.1) is 0 Å². The summed E-state index contributed by atoms with van der Waals surface area (Å²) in [6.45, 7) is 0.678. The van der Waals surface area contributed by atoms with Gasteiger partial charge in [0.25, 0.3) is 0 Å². The Hall–Kier alpha value is -1.55. The number of hydrogen-bond acceptors (Lipinski definition) is 2. The fourth-order valence-corrected chi connectivity index (χ4v) is 2.68. The lowest BCUT2D eigenvalue weighted by Gasteiger charge is -2.23. The normalized spacial score (nSPS) is 18.1. The molecule has 0 aromatic heterocycles. The Bertz CT molecular complexity index is 487. The van der Waals surface area contributed by atoms with Crippen molar-refractivity contribution in [2.75, 3.05) is 13.6 Å². The lowest BCUT2D eigenvalue weighted by atomic mass is 10.1. The Morgan fingerprint density at radius 2 is 2.05 bits per heavy atom. The molecule has 5 heteroatoms. The highest BCUT2D eigenvalue weighted by atomic mass is 35.5. The van der Waals surface area contributed by atoms with Crippen LogP contribution in [0.2, 0.25) is 5.02 Å². The van der Waals surface area contributed by atoms with E-state index in [9.17, 15) is 9.59 Å². The van der Waals surface area contributed by atoms with E-state index in [-0.39, 0.29) is 17.9 Å². The minimum absolute atomic E-state index is 0.0473. The van der Waals surface area contributed by atoms with Crippen LogP contribution >= 0.6 is 11.6 Å². The maximum atomic E-state index is 12.2. The van der Waals surface area contributed by atoms with Crippen LogP contribution in [0.1, 0.15) is 24.8 Å². The topological polar surface area (TPSA) is 49.4 Å². The summed E-state index contributed by atoms with van der Waals surface area (Å²) >= 11 is 5.83. The molecule has 2 rings (SSSR count). The van der Waals surface area contributed by atoms with Crippen molar-refractivity contribution in [2.24, 2.45) is 0 Å². The first kappa shape index (κ1) is 14.9. The van der Waals surface area contributed by atoms with Gasteiger partial charge in [0.1, 0.15) is 6.04 Å². The highest BCUT2D eigenvalue weighted by Gasteiger charge is 2.32. The molecular formula is C15H19ClN2O2. The zero-order valence-electron chi connectivity index (χ0n) is 11.6. The largest absolute Gasteiger partial charge is 0.357 e. The van der Waals surface area contributed by atoms with E-state index in [2.05, 4.69) is 5.32 Å². The number of likely N-dealkylation sites (N-methyl/N-ethyl adjacent to an activating group) is 1. The van der Waals surface area contributed by atoms with Crippen LogP contribution in [0.3, 0.4) is 0 Å². The van der Waals surface area contributed by atoms with Crippen LogP contribution in [-0.2, 0) is 16.0 Å². The molecular weight excluding hydrogens is 276 g/mol. The molecule has 4 nitrogen and oxygen atoms in total. The van der Waals surface area contributed by atoms with E-state index >= 15 is 0 Å². The van der Waals surface area contributed by atoms with E-state index in [0.29, 0.717) is 24.4 Å². The molecule has 2 amide bonds. The quantitative estimate of drug-likeness (QED) is 0.923. The van der Waals surface area contributed by atoms with Crippen LogP contribution in [0, 0.1) is 0 Å². The Balaban J connectivity index is 1.91. The van der Waals surface area contributed by atoms with Gasteiger partial charge in [-0.15, -0.1) is 0 Å². The minimum Gasteiger partial charge on any atom is -0.357 e. The molecule has 0 radical (unpaired) electrons. The fraction of sp³-hybridized carbons (Fsp3) is 0.467. The monoisotopic (exact) mass is 294 g/mol. The van der Waals surface area contributed by atoms with Gasteiger partial charge in [0, 0.05) is 25.0 Å². The Kier molecular flexibility index (Phi) is 5.01. The number of carbonyl (C=O) groups excluding carboxylic acids is 2. The number of aryl methyl sites for hydroxylation is 1. The molecule has 1 aliphatic heterocycles. The van der Waals surface area contributed by atoms with E-state index in [1.54, 1.807) is 11.9 Å². The summed E-state index contributed by atoms with van der Waals surface area (Å²) in [4.78, 5) is 25.7. The highest BCUT2D eigenvalue weighted by Crippen LogP contribution is 2.19. The van der Waals surface area contributed by atoms with Gasteiger partial charge in [-0.25, -0.2) is 0 Å². The number of benzene rings is 1. The van der Waals surface area contributed by atoms with Crippen molar-refractivity contribution < 1.29 is 9.59 Å². The van der Waals surface area contributed by atoms with E-state index in [4.69, 9.17) is 11.6 Å². The summed E-state index contributed by atoms with van der Waals surface area (Å²) in [5, 5.41) is 3.32. The molecule has 20 heavy (non-hydrogen) atoms. The molecule has 1 aromatic rings. The maximum Gasteiger partial charge on any atom is 0.242 e. The number of halogens is 1. The molecule has 1 atom stereocenters. The maximum absolute atomic E-state index is 12.2. The SMILES string of the molecule is CNC(=O)[C@@H]1CCCN1C(=O)CCc1ccc(Cl)cc1. The van der Waals surface area contributed by atoms with Gasteiger partial charge < -0.3 is 10.2 Å². The molecule has 1 aromatic carbocycles. The summed E-state index contributed by atoms with van der Waals surface area (Å²) in [5.41, 5.74) is 1.08. The molecule has 0 bridgehead atoms. The van der Waals surface area contributed by atoms with Gasteiger partial charge in [0.15, 0.2) is 0 Å². The predicted octanol–water partition coefficient (Wildman–Crippen LogP) is 2.01. The molecule has 1 aliphatic rings. The van der Waals surface area contributed by atoms with Crippen LogP contribution in [0.4, 0.5) is 0 Å². The first-order chi connectivity index (χ1) is 9.61. The standard InChI is InChI=1S/C15H19ClN2O2/c1-17-15(20)13-3-2-10-18(13)14(19)9-6-11-4-7-12(16)8-5-11/h4-5,7-8,13H,2-3,6,9-10H2,1H3,(H,17,20)/t13-/m0/s1. The Morgan fingerprint density at radius 1 is 1.35 bits per heavy atom. The molecule has 1 saturated heterocycles. The Morgan fingerprint density at radius 3 is 2.70 bits per heavy atom. The van der Waals surface area contributed by atoms with E-state index in [1.165, 1.54) is 0 Å². The first-order valence-electron chi connectivity index (χ1n) is 6.87. The number of nitrogens with one attached hydrogen (secondary N) is 1. The minimum atomic E-state index is -0.294. The van der Waals surface area contributed by atoms with Crippen molar-refractivity contribution in [3.8, 4) is 0 Å². The smallest absolute Gasteiger partial charge is 0.242 e. The summed E-state index contributed by atoms with van der Waals surface area (Å²) in [6.07, 6.45) is 2.75. The van der Waals surface area contributed by atoms with Crippen molar-refractivity contribution in [1.82, 2.24) is 10.2 Å². The van der Waals surface area contributed by atoms with Crippen molar-refractivity contribution >= 4 is 23.4 Å². The van der Waals surface area contributed by atoms with Gasteiger partial charge in [-0.05, 0) is 37.0 Å². The number of nitrogens with zero attached hydrogens (tertiary/aromatic N) is 1. The van der Waals surface area contributed by atoms with Crippen LogP contribution in [-0.4, -0.2) is 36.3 Å². The summed E-state index contributed by atoms with van der Waals surface area (Å²) in [5.74, 6) is -0.0200. The third-order valence-electron chi connectivity index (χ3n) is 3.66. The van der Waals surface area contributed by atoms with Gasteiger partial charge >= 0.3 is 0 Å². The molecule has 1 N–H and O–H groups in total. The number of likely N-dealkylation sites (tertiary alicyclic amines) is 1. The molecule has 0 spiro atoms. The van der Waals surface area contributed by atoms with Crippen molar-refractivity contribution in [3.63, 3.8) is 0 Å². The first-order valence-corrected chi connectivity index (χ1v) is 7.25. The van der Waals surface area contributed by atoms with E-state index < -0.39 is 0 Å². The zero-order chi connectivity index (χ0) is 14.5. The number of amides is 2. The number of carbonyl (C=O) groups is 2. The second kappa shape index (κ2) is 6.75. The highest BCUT2D eigenvalue weighted by molar-refractivity contribution is 6.30. The van der Waals surface area contributed by atoms with Gasteiger partial charge in [-0.1, -0.05) is 23.7 Å². The second-order valence-electron chi connectivity index (χ2n) is 4.99. The third kappa shape index (κ3) is 3.51. The van der Waals surface area contributed by atoms with E-state index in [0.717, 1.165) is 18.4 Å². The summed E-state index contributed by atoms with van der Waals surface area (Å²) in [7, 11) is 1.61. The van der Waals surface area contributed by atoms with Crippen LogP contribution in [0.15, 0.2) is 24.3 Å². The van der Waals surface area contributed by atoms with Crippen LogP contribution < -0.4 is 5.32 Å². The van der Waals surface area contributed by atoms with Crippen LogP contribution in [0.5, 0.6) is 0 Å². The summed E-state index contributed by atoms with van der Waals surface area (Å²) in [6, 6.07) is 7.21. The van der Waals surface area contributed by atoms with Gasteiger partial charge in [-0.2, -0.15) is 0 Å². The van der Waals surface area contributed by atoms with Crippen molar-refractivity contribution in [3.05, 3.63) is 34.9 Å². The molecule has 0 saturated carbocycles. The molecule has 0 aliphatic carbocycles. The number of rotatable bonds is 4. The lowest BCUT2D eigenvalue weighted by Crippen LogP contribution is -2.44. The molecule has 108 valence electrons. The van der Waals surface area contributed by atoms with Crippen molar-refractivity contribution in [1.29, 1.82) is 0 Å². The van der Waals surface area contributed by atoms with Gasteiger partial charge in [0.2, 0.25) is 11.8 Å². The third-order valence-corrected chi connectivity index (χ3v) is 3.91. The average molecular weight is 295 g/mol. The lowest BCUT2D eigenvalue weighted by molar-refractivity contribution is -0.138. The average Bonchev–Trinajstić information content (AvgIpc) is 2.95. The second-order valence-corrected chi connectivity index (χ2v) is 5.42. The molecule has 1 fully saturated rings. The number of hydrogen-bond donors (Lipinski definition) is 1. The van der Waals surface area contributed by atoms with E-state index in [1.807, 2.05) is 24.3 Å². The van der Waals surface area contributed by atoms with Crippen LogP contribution in [0.25, 0.3) is 0 Å².